The molecule has 0 aromatic heterocycles. The summed E-state index contributed by atoms with van der Waals surface area (Å²) in [6.07, 6.45) is 6.27. The molecule has 2 aliphatic rings. The van der Waals surface area contributed by atoms with Crippen LogP contribution in [0.25, 0.3) is 0 Å². The molecule has 1 saturated heterocycles. The molecule has 1 heterocycles. The maximum Gasteiger partial charge on any atom is 0.248 e. The predicted octanol–water partition coefficient (Wildman–Crippen LogP) is 1.21. The zero-order valence-corrected chi connectivity index (χ0v) is 10.6. The number of carbonyl (C=O) groups excluding carboxylic acids is 1. The second kappa shape index (κ2) is 5.65. The van der Waals surface area contributed by atoms with E-state index in [4.69, 9.17) is 9.47 Å². The summed E-state index contributed by atoms with van der Waals surface area (Å²) in [5, 5.41) is 0. The maximum atomic E-state index is 11.9. The smallest absolute Gasteiger partial charge is 0.248 e. The molecule has 1 amide bonds. The minimum atomic E-state index is 0.0893. The fraction of sp³-hybridized carbons (Fsp3) is 0.769. The summed E-state index contributed by atoms with van der Waals surface area (Å²) < 4.78 is 10.6. The van der Waals surface area contributed by atoms with Gasteiger partial charge in [-0.05, 0) is 18.8 Å². The summed E-state index contributed by atoms with van der Waals surface area (Å²) in [5.41, 5.74) is 0. The number of nitrogens with zero attached hydrogens (tertiary/aromatic N) is 1. The SMILES string of the molecule is COCCCN1C(=O)COC2C=CC(C)CC21. The van der Waals surface area contributed by atoms with Crippen molar-refractivity contribution in [1.82, 2.24) is 4.90 Å². The van der Waals surface area contributed by atoms with Gasteiger partial charge in [-0.15, -0.1) is 0 Å². The molecule has 0 bridgehead atoms. The van der Waals surface area contributed by atoms with Gasteiger partial charge in [0.2, 0.25) is 5.91 Å². The monoisotopic (exact) mass is 239 g/mol. The number of carbonyl (C=O) groups is 1. The first-order valence-electron chi connectivity index (χ1n) is 6.30. The second-order valence-corrected chi connectivity index (χ2v) is 4.87. The third kappa shape index (κ3) is 2.87. The molecule has 1 aliphatic carbocycles. The third-order valence-electron chi connectivity index (χ3n) is 3.49. The molecule has 4 heteroatoms. The van der Waals surface area contributed by atoms with Crippen LogP contribution in [0.1, 0.15) is 19.8 Å². The van der Waals surface area contributed by atoms with Crippen LogP contribution in [0.4, 0.5) is 0 Å². The predicted molar refractivity (Wildman–Crippen MR) is 64.7 cm³/mol. The molecular weight excluding hydrogens is 218 g/mol. The van der Waals surface area contributed by atoms with E-state index in [9.17, 15) is 4.79 Å². The van der Waals surface area contributed by atoms with Gasteiger partial charge in [-0.3, -0.25) is 4.79 Å². The highest BCUT2D eigenvalue weighted by atomic mass is 16.5. The van der Waals surface area contributed by atoms with Crippen LogP contribution in [0.3, 0.4) is 0 Å². The largest absolute Gasteiger partial charge is 0.385 e. The van der Waals surface area contributed by atoms with Crippen molar-refractivity contribution in [2.45, 2.75) is 31.9 Å². The van der Waals surface area contributed by atoms with Gasteiger partial charge in [0.15, 0.2) is 0 Å². The van der Waals surface area contributed by atoms with Crippen molar-refractivity contribution in [2.75, 3.05) is 26.9 Å². The van der Waals surface area contributed by atoms with E-state index < -0.39 is 0 Å². The van der Waals surface area contributed by atoms with Crippen LogP contribution in [-0.2, 0) is 14.3 Å². The van der Waals surface area contributed by atoms with Gasteiger partial charge in [0.1, 0.15) is 6.61 Å². The minimum absolute atomic E-state index is 0.0893. The quantitative estimate of drug-likeness (QED) is 0.547. The van der Waals surface area contributed by atoms with Crippen molar-refractivity contribution in [3.8, 4) is 0 Å². The zero-order valence-electron chi connectivity index (χ0n) is 10.6. The van der Waals surface area contributed by atoms with E-state index in [1.165, 1.54) is 0 Å². The van der Waals surface area contributed by atoms with E-state index in [-0.39, 0.29) is 24.7 Å². The van der Waals surface area contributed by atoms with Gasteiger partial charge in [0.05, 0.1) is 12.1 Å². The average Bonchev–Trinajstić information content (AvgIpc) is 2.32. The maximum absolute atomic E-state index is 11.9. The standard InChI is InChI=1S/C13H21NO3/c1-10-4-5-12-11(8-10)14(6-3-7-16-2)13(15)9-17-12/h4-5,10-12H,3,6-9H2,1-2H3. The number of amides is 1. The first kappa shape index (κ1) is 12.6. The lowest BCUT2D eigenvalue weighted by Crippen LogP contribution is -2.55. The van der Waals surface area contributed by atoms with Crippen LogP contribution in [0.5, 0.6) is 0 Å². The Kier molecular flexibility index (Phi) is 4.18. The lowest BCUT2D eigenvalue weighted by atomic mass is 9.89. The van der Waals surface area contributed by atoms with Crippen LogP contribution in [0.15, 0.2) is 12.2 Å². The highest BCUT2D eigenvalue weighted by Gasteiger charge is 2.37. The van der Waals surface area contributed by atoms with Gasteiger partial charge < -0.3 is 14.4 Å². The summed E-state index contributed by atoms with van der Waals surface area (Å²) in [6, 6.07) is 0.216. The Hall–Kier alpha value is -0.870. The average molecular weight is 239 g/mol. The highest BCUT2D eigenvalue weighted by Crippen LogP contribution is 2.27. The van der Waals surface area contributed by atoms with Crippen molar-refractivity contribution >= 4 is 5.91 Å². The van der Waals surface area contributed by atoms with Crippen molar-refractivity contribution in [3.05, 3.63) is 12.2 Å². The third-order valence-corrected chi connectivity index (χ3v) is 3.49. The topological polar surface area (TPSA) is 38.8 Å². The number of rotatable bonds is 4. The number of hydrogen-bond acceptors (Lipinski definition) is 3. The fourth-order valence-electron chi connectivity index (χ4n) is 2.60. The molecule has 0 spiro atoms. The molecule has 96 valence electrons. The molecule has 0 saturated carbocycles. The fourth-order valence-corrected chi connectivity index (χ4v) is 2.60. The summed E-state index contributed by atoms with van der Waals surface area (Å²) in [7, 11) is 1.69. The van der Waals surface area contributed by atoms with E-state index in [0.717, 1.165) is 19.4 Å². The molecule has 3 atom stereocenters. The first-order chi connectivity index (χ1) is 8.22. The Morgan fingerprint density at radius 1 is 1.53 bits per heavy atom. The van der Waals surface area contributed by atoms with Crippen LogP contribution >= 0.6 is 0 Å². The number of ether oxygens (including phenoxy) is 2. The van der Waals surface area contributed by atoms with Crippen LogP contribution in [0, 0.1) is 5.92 Å². The van der Waals surface area contributed by atoms with Gasteiger partial charge in [-0.2, -0.15) is 0 Å². The van der Waals surface area contributed by atoms with Crippen molar-refractivity contribution in [1.29, 1.82) is 0 Å². The Labute approximate surface area is 103 Å². The molecule has 1 fully saturated rings. The lowest BCUT2D eigenvalue weighted by molar-refractivity contribution is -0.155. The molecule has 0 radical (unpaired) electrons. The normalized spacial score (nSPS) is 32.7. The number of allylic oxidation sites excluding steroid dienone is 1. The molecule has 0 N–H and O–H groups in total. The van der Waals surface area contributed by atoms with Gasteiger partial charge in [0.25, 0.3) is 0 Å². The molecule has 2 rings (SSSR count). The molecule has 1 aliphatic heterocycles. The minimum Gasteiger partial charge on any atom is -0.385 e. The lowest BCUT2D eigenvalue weighted by Gasteiger charge is -2.42. The number of fused-ring (bicyclic) bond motifs is 1. The Bertz CT molecular complexity index is 303. The first-order valence-corrected chi connectivity index (χ1v) is 6.30. The van der Waals surface area contributed by atoms with E-state index in [1.807, 2.05) is 4.90 Å². The zero-order chi connectivity index (χ0) is 12.3. The summed E-state index contributed by atoms with van der Waals surface area (Å²) >= 11 is 0. The van der Waals surface area contributed by atoms with E-state index in [0.29, 0.717) is 12.5 Å². The summed E-state index contributed by atoms with van der Waals surface area (Å²) in [5.74, 6) is 0.639. The molecule has 0 aromatic rings. The van der Waals surface area contributed by atoms with Gasteiger partial charge >= 0.3 is 0 Å². The van der Waals surface area contributed by atoms with E-state index >= 15 is 0 Å². The van der Waals surface area contributed by atoms with Gasteiger partial charge in [-0.25, -0.2) is 0 Å². The summed E-state index contributed by atoms with van der Waals surface area (Å²) in [6.45, 7) is 3.87. The van der Waals surface area contributed by atoms with E-state index in [2.05, 4.69) is 19.1 Å². The molecule has 4 nitrogen and oxygen atoms in total. The van der Waals surface area contributed by atoms with E-state index in [1.54, 1.807) is 7.11 Å². The molecule has 17 heavy (non-hydrogen) atoms. The van der Waals surface area contributed by atoms with Gasteiger partial charge in [0, 0.05) is 20.3 Å². The number of morpholine rings is 1. The van der Waals surface area contributed by atoms with Crippen molar-refractivity contribution in [3.63, 3.8) is 0 Å². The van der Waals surface area contributed by atoms with Crippen LogP contribution < -0.4 is 0 Å². The number of hydrogen-bond donors (Lipinski definition) is 0. The molecule has 3 unspecified atom stereocenters. The summed E-state index contributed by atoms with van der Waals surface area (Å²) in [4.78, 5) is 13.9. The van der Waals surface area contributed by atoms with Crippen molar-refractivity contribution in [2.24, 2.45) is 5.92 Å². The van der Waals surface area contributed by atoms with Crippen LogP contribution in [-0.4, -0.2) is 49.8 Å². The second-order valence-electron chi connectivity index (χ2n) is 4.87. The van der Waals surface area contributed by atoms with Crippen LogP contribution in [0.2, 0.25) is 0 Å². The van der Waals surface area contributed by atoms with Crippen molar-refractivity contribution < 1.29 is 14.3 Å². The molecular formula is C13H21NO3. The number of methoxy groups -OCH3 is 1. The Morgan fingerprint density at radius 2 is 2.35 bits per heavy atom. The Morgan fingerprint density at radius 3 is 3.12 bits per heavy atom. The molecule has 0 aromatic carbocycles. The van der Waals surface area contributed by atoms with Gasteiger partial charge in [-0.1, -0.05) is 19.1 Å². The Balaban J connectivity index is 2.00. The highest BCUT2D eigenvalue weighted by molar-refractivity contribution is 5.78.